The van der Waals surface area contributed by atoms with Gasteiger partial charge in [-0.1, -0.05) is 12.1 Å². The van der Waals surface area contributed by atoms with Crippen LogP contribution in [0.3, 0.4) is 0 Å². The van der Waals surface area contributed by atoms with E-state index in [1.165, 1.54) is 0 Å². The number of rotatable bonds is 7. The minimum absolute atomic E-state index is 0.0303. The second-order valence-corrected chi connectivity index (χ2v) is 8.51. The van der Waals surface area contributed by atoms with E-state index < -0.39 is 0 Å². The Hall–Kier alpha value is -3.98. The van der Waals surface area contributed by atoms with E-state index in [0.717, 1.165) is 60.0 Å². The number of pyridine rings is 2. The van der Waals surface area contributed by atoms with Crippen LogP contribution < -0.4 is 10.1 Å². The third-order valence-corrected chi connectivity index (χ3v) is 6.32. The zero-order valence-electron chi connectivity index (χ0n) is 19.8. The van der Waals surface area contributed by atoms with E-state index in [-0.39, 0.29) is 6.03 Å². The fourth-order valence-electron chi connectivity index (χ4n) is 4.38. The standard InChI is InChI=1S/C26H29N7O2/c1-35-22-5-2-4-20(18-22)19-29-26(34)32-15-12-31(13-16-32)14-17-33-24(21-7-10-27-11-8-21)30-23-6-3-9-28-25(23)33/h2-11,18H,12-17,19H2,1H3,(H,29,34). The van der Waals surface area contributed by atoms with Gasteiger partial charge in [0.15, 0.2) is 5.65 Å². The number of urea groups is 1. The Bertz CT molecular complexity index is 1280. The highest BCUT2D eigenvalue weighted by atomic mass is 16.5. The lowest BCUT2D eigenvalue weighted by Gasteiger charge is -2.34. The number of aromatic nitrogens is 4. The Balaban J connectivity index is 1.17. The minimum Gasteiger partial charge on any atom is -0.497 e. The predicted octanol–water partition coefficient (Wildman–Crippen LogP) is 3.03. The van der Waals surface area contributed by atoms with E-state index in [0.29, 0.717) is 19.6 Å². The van der Waals surface area contributed by atoms with Crippen molar-refractivity contribution in [1.29, 1.82) is 0 Å². The van der Waals surface area contributed by atoms with E-state index in [1.54, 1.807) is 25.7 Å². The number of nitrogens with one attached hydrogen (secondary N) is 1. The molecule has 1 N–H and O–H groups in total. The first kappa shape index (κ1) is 22.8. The van der Waals surface area contributed by atoms with Crippen molar-refractivity contribution in [2.75, 3.05) is 39.8 Å². The number of carbonyl (C=O) groups excluding carboxylic acids is 1. The summed E-state index contributed by atoms with van der Waals surface area (Å²) in [4.78, 5) is 30.5. The Labute approximate surface area is 204 Å². The summed E-state index contributed by atoms with van der Waals surface area (Å²) in [5.41, 5.74) is 3.81. The van der Waals surface area contributed by atoms with Crippen LogP contribution in [-0.2, 0) is 13.1 Å². The number of benzene rings is 1. The summed E-state index contributed by atoms with van der Waals surface area (Å²) in [6.07, 6.45) is 5.37. The van der Waals surface area contributed by atoms with Crippen LogP contribution in [0.2, 0.25) is 0 Å². The molecule has 0 bridgehead atoms. The number of carbonyl (C=O) groups is 1. The summed E-state index contributed by atoms with van der Waals surface area (Å²) in [6.45, 7) is 5.17. The number of hydrogen-bond acceptors (Lipinski definition) is 6. The fraction of sp³-hybridized carbons (Fsp3) is 0.308. The molecule has 4 heterocycles. The minimum atomic E-state index is -0.0303. The van der Waals surface area contributed by atoms with Gasteiger partial charge in [-0.2, -0.15) is 0 Å². The van der Waals surface area contributed by atoms with Crippen molar-refractivity contribution in [2.45, 2.75) is 13.1 Å². The van der Waals surface area contributed by atoms with Crippen LogP contribution in [0, 0.1) is 0 Å². The van der Waals surface area contributed by atoms with Crippen LogP contribution in [0.4, 0.5) is 4.79 Å². The van der Waals surface area contributed by atoms with Crippen molar-refractivity contribution >= 4 is 17.2 Å². The van der Waals surface area contributed by atoms with Gasteiger partial charge in [0.2, 0.25) is 0 Å². The van der Waals surface area contributed by atoms with E-state index in [9.17, 15) is 4.79 Å². The molecule has 3 aromatic heterocycles. The number of amides is 2. The monoisotopic (exact) mass is 471 g/mol. The van der Waals surface area contributed by atoms with E-state index in [4.69, 9.17) is 9.72 Å². The van der Waals surface area contributed by atoms with Crippen LogP contribution in [0.1, 0.15) is 5.56 Å². The molecular formula is C26H29N7O2. The zero-order valence-corrected chi connectivity index (χ0v) is 19.8. The Morgan fingerprint density at radius 3 is 2.63 bits per heavy atom. The number of methoxy groups -OCH3 is 1. The van der Waals surface area contributed by atoms with E-state index in [2.05, 4.69) is 24.8 Å². The lowest BCUT2D eigenvalue weighted by Crippen LogP contribution is -2.52. The molecule has 4 aromatic rings. The second kappa shape index (κ2) is 10.5. The van der Waals surface area contributed by atoms with Gasteiger partial charge in [-0.25, -0.2) is 14.8 Å². The van der Waals surface area contributed by atoms with Crippen LogP contribution in [0.15, 0.2) is 67.1 Å². The molecule has 0 atom stereocenters. The average Bonchev–Trinajstić information content (AvgIpc) is 3.30. The van der Waals surface area contributed by atoms with Crippen molar-refractivity contribution in [1.82, 2.24) is 34.6 Å². The second-order valence-electron chi connectivity index (χ2n) is 8.51. The molecule has 1 saturated heterocycles. The van der Waals surface area contributed by atoms with Gasteiger partial charge < -0.3 is 19.5 Å². The smallest absolute Gasteiger partial charge is 0.317 e. The molecule has 0 saturated carbocycles. The predicted molar refractivity (Wildman–Crippen MR) is 134 cm³/mol. The molecule has 0 aliphatic carbocycles. The highest BCUT2D eigenvalue weighted by molar-refractivity contribution is 5.77. The van der Waals surface area contributed by atoms with Crippen LogP contribution in [-0.4, -0.2) is 75.2 Å². The van der Waals surface area contributed by atoms with Crippen molar-refractivity contribution in [3.63, 3.8) is 0 Å². The summed E-state index contributed by atoms with van der Waals surface area (Å²) in [7, 11) is 1.64. The Morgan fingerprint density at radius 2 is 1.83 bits per heavy atom. The van der Waals surface area contributed by atoms with Gasteiger partial charge in [-0.05, 0) is 42.0 Å². The third kappa shape index (κ3) is 5.25. The molecule has 0 unspecified atom stereocenters. The van der Waals surface area contributed by atoms with Gasteiger partial charge >= 0.3 is 6.03 Å². The number of imidazole rings is 1. The highest BCUT2D eigenvalue weighted by Gasteiger charge is 2.22. The number of ether oxygens (including phenoxy) is 1. The first-order chi connectivity index (χ1) is 17.2. The molecule has 1 aliphatic rings. The Kier molecular flexibility index (Phi) is 6.85. The molecule has 35 heavy (non-hydrogen) atoms. The first-order valence-corrected chi connectivity index (χ1v) is 11.8. The molecule has 2 amide bonds. The molecular weight excluding hydrogens is 442 g/mol. The largest absolute Gasteiger partial charge is 0.497 e. The molecule has 1 fully saturated rings. The maximum atomic E-state index is 12.7. The van der Waals surface area contributed by atoms with Crippen molar-refractivity contribution in [3.05, 3.63) is 72.7 Å². The summed E-state index contributed by atoms with van der Waals surface area (Å²) in [6, 6.07) is 15.6. The topological polar surface area (TPSA) is 88.4 Å². The molecule has 0 spiro atoms. The summed E-state index contributed by atoms with van der Waals surface area (Å²) < 4.78 is 7.43. The van der Waals surface area contributed by atoms with E-state index >= 15 is 0 Å². The van der Waals surface area contributed by atoms with Crippen LogP contribution in [0.25, 0.3) is 22.6 Å². The number of hydrogen-bond donors (Lipinski definition) is 1. The van der Waals surface area contributed by atoms with Crippen molar-refractivity contribution in [2.24, 2.45) is 0 Å². The maximum absolute atomic E-state index is 12.7. The Morgan fingerprint density at radius 1 is 1.00 bits per heavy atom. The molecule has 9 nitrogen and oxygen atoms in total. The normalized spacial score (nSPS) is 14.3. The maximum Gasteiger partial charge on any atom is 0.317 e. The summed E-state index contributed by atoms with van der Waals surface area (Å²) in [5.74, 6) is 1.69. The van der Waals surface area contributed by atoms with E-state index in [1.807, 2.05) is 53.4 Å². The third-order valence-electron chi connectivity index (χ3n) is 6.32. The number of piperazine rings is 1. The lowest BCUT2D eigenvalue weighted by molar-refractivity contribution is 0.137. The molecule has 5 rings (SSSR count). The van der Waals surface area contributed by atoms with Crippen LogP contribution in [0.5, 0.6) is 5.75 Å². The molecule has 0 radical (unpaired) electrons. The SMILES string of the molecule is COc1cccc(CNC(=O)N2CCN(CCn3c(-c4ccncc4)nc4cccnc43)CC2)c1. The van der Waals surface area contributed by atoms with Gasteiger partial charge in [0, 0.05) is 70.0 Å². The van der Waals surface area contributed by atoms with Gasteiger partial charge in [0.25, 0.3) is 0 Å². The molecule has 1 aromatic carbocycles. The summed E-state index contributed by atoms with van der Waals surface area (Å²) in [5, 5.41) is 3.02. The van der Waals surface area contributed by atoms with Crippen LogP contribution >= 0.6 is 0 Å². The lowest BCUT2D eigenvalue weighted by atomic mass is 10.2. The molecule has 9 heteroatoms. The number of fused-ring (bicyclic) bond motifs is 1. The van der Waals surface area contributed by atoms with Crippen molar-refractivity contribution in [3.8, 4) is 17.1 Å². The first-order valence-electron chi connectivity index (χ1n) is 11.8. The summed E-state index contributed by atoms with van der Waals surface area (Å²) >= 11 is 0. The van der Waals surface area contributed by atoms with Gasteiger partial charge in [-0.15, -0.1) is 0 Å². The van der Waals surface area contributed by atoms with Gasteiger partial charge in [-0.3, -0.25) is 9.88 Å². The van der Waals surface area contributed by atoms with Crippen molar-refractivity contribution < 1.29 is 9.53 Å². The molecule has 180 valence electrons. The average molecular weight is 472 g/mol. The highest BCUT2D eigenvalue weighted by Crippen LogP contribution is 2.23. The fourth-order valence-corrected chi connectivity index (χ4v) is 4.38. The zero-order chi connectivity index (χ0) is 24.0. The quantitative estimate of drug-likeness (QED) is 0.446. The van der Waals surface area contributed by atoms with Gasteiger partial charge in [0.05, 0.1) is 7.11 Å². The number of nitrogens with zero attached hydrogens (tertiary/aromatic N) is 6. The molecule has 1 aliphatic heterocycles. The van der Waals surface area contributed by atoms with Gasteiger partial charge in [0.1, 0.15) is 17.1 Å².